The van der Waals surface area contributed by atoms with Crippen LogP contribution in [-0.2, 0) is 33.4 Å². The number of nitrogens with one attached hydrogen (secondary N) is 1. The minimum Gasteiger partial charge on any atom is -0.477 e. The summed E-state index contributed by atoms with van der Waals surface area (Å²) in [6.45, 7) is -0.0162. The van der Waals surface area contributed by atoms with Crippen LogP contribution in [0.1, 0.15) is 20.3 Å². The number of rotatable bonds is 8. The van der Waals surface area contributed by atoms with Gasteiger partial charge in [0.1, 0.15) is 24.9 Å². The summed E-state index contributed by atoms with van der Waals surface area (Å²) in [7, 11) is 0. The van der Waals surface area contributed by atoms with Crippen molar-refractivity contribution >= 4 is 23.8 Å². The lowest BCUT2D eigenvalue weighted by Crippen LogP contribution is -2.68. The molecule has 0 aliphatic carbocycles. The molecule has 0 aromatic carbocycles. The number of carbonyl (C=O) groups is 4. The third-order valence-corrected chi connectivity index (χ3v) is 3.88. The normalized spacial score (nSPS) is 29.3. The molecule has 28 heavy (non-hydrogen) atoms. The van der Waals surface area contributed by atoms with E-state index in [2.05, 4.69) is 5.32 Å². The lowest BCUT2D eigenvalue weighted by Gasteiger charge is -2.46. The van der Waals surface area contributed by atoms with Crippen molar-refractivity contribution in [2.24, 2.45) is 0 Å². The van der Waals surface area contributed by atoms with Crippen LogP contribution in [0.4, 0.5) is 0 Å². The van der Waals surface area contributed by atoms with Gasteiger partial charge in [-0.3, -0.25) is 14.4 Å². The summed E-state index contributed by atoms with van der Waals surface area (Å²) < 4.78 is 15.0. The monoisotopic (exact) mass is 409 g/mol. The highest BCUT2D eigenvalue weighted by atomic mass is 16.7. The van der Waals surface area contributed by atoms with Crippen molar-refractivity contribution in [1.82, 2.24) is 5.32 Å². The molecule has 1 aliphatic rings. The van der Waals surface area contributed by atoms with Gasteiger partial charge in [-0.1, -0.05) is 0 Å². The average molecular weight is 409 g/mol. The molecule has 1 fully saturated rings. The lowest BCUT2D eigenvalue weighted by atomic mass is 9.88. The number of carboxylic acids is 1. The highest BCUT2D eigenvalue weighted by Gasteiger charge is 2.56. The van der Waals surface area contributed by atoms with E-state index in [1.165, 1.54) is 0 Å². The van der Waals surface area contributed by atoms with Crippen LogP contribution in [0.5, 0.6) is 0 Å². The number of hydrogen-bond acceptors (Lipinski definition) is 11. The maximum atomic E-state index is 11.7. The molecule has 0 bridgehead atoms. The fourth-order valence-corrected chi connectivity index (χ4v) is 2.76. The van der Waals surface area contributed by atoms with Crippen LogP contribution < -0.4 is 5.32 Å². The Labute approximate surface area is 158 Å². The van der Waals surface area contributed by atoms with E-state index in [1.54, 1.807) is 0 Å². The zero-order chi connectivity index (χ0) is 21.6. The number of carboxylic acid groups (broad SMARTS) is 1. The summed E-state index contributed by atoms with van der Waals surface area (Å²) >= 11 is 0. The molecular formula is C15H23NO12. The second kappa shape index (κ2) is 9.75. The van der Waals surface area contributed by atoms with Crippen molar-refractivity contribution in [3.8, 4) is 0 Å². The quantitative estimate of drug-likeness (QED) is 0.214. The van der Waals surface area contributed by atoms with E-state index >= 15 is 0 Å². The van der Waals surface area contributed by atoms with E-state index < -0.39 is 79.7 Å². The van der Waals surface area contributed by atoms with Gasteiger partial charge in [0, 0.05) is 13.8 Å². The lowest BCUT2D eigenvalue weighted by molar-refractivity contribution is -0.297. The Hall–Kier alpha value is -2.32. The smallest absolute Gasteiger partial charge is 0.364 e. The minimum atomic E-state index is -2.93. The molecule has 6 N–H and O–H groups in total. The van der Waals surface area contributed by atoms with Crippen molar-refractivity contribution in [3.63, 3.8) is 0 Å². The first-order chi connectivity index (χ1) is 12.9. The first kappa shape index (κ1) is 23.7. The van der Waals surface area contributed by atoms with E-state index in [4.69, 9.17) is 19.3 Å². The van der Waals surface area contributed by atoms with Crippen LogP contribution >= 0.6 is 0 Å². The van der Waals surface area contributed by atoms with Gasteiger partial charge in [0.15, 0.2) is 6.10 Å². The number of aliphatic carboxylic acids is 1. The fourth-order valence-electron chi connectivity index (χ4n) is 2.76. The van der Waals surface area contributed by atoms with Crippen molar-refractivity contribution in [3.05, 3.63) is 0 Å². The number of hydrogen-bond donors (Lipinski definition) is 6. The molecule has 1 rings (SSSR count). The van der Waals surface area contributed by atoms with Gasteiger partial charge in [0.05, 0.1) is 19.1 Å². The minimum absolute atomic E-state index is 0.823. The van der Waals surface area contributed by atoms with Crippen LogP contribution in [0.25, 0.3) is 0 Å². The Morgan fingerprint density at radius 2 is 1.82 bits per heavy atom. The predicted octanol–water partition coefficient (Wildman–Crippen LogP) is -3.76. The molecule has 13 nitrogen and oxygen atoms in total. The Morgan fingerprint density at radius 1 is 1.21 bits per heavy atom. The predicted molar refractivity (Wildman–Crippen MR) is 85.3 cm³/mol. The summed E-state index contributed by atoms with van der Waals surface area (Å²) in [5.41, 5.74) is 0. The largest absolute Gasteiger partial charge is 0.477 e. The number of ether oxygens (including phenoxy) is 3. The number of esters is 2. The molecule has 6 atom stereocenters. The molecule has 1 aliphatic heterocycles. The highest BCUT2D eigenvalue weighted by molar-refractivity contribution is 5.78. The van der Waals surface area contributed by atoms with Crippen molar-refractivity contribution in [2.75, 3.05) is 13.2 Å². The Morgan fingerprint density at radius 3 is 2.25 bits per heavy atom. The molecule has 1 amide bonds. The summed E-state index contributed by atoms with van der Waals surface area (Å²) in [6, 6.07) is -1.45. The third-order valence-electron chi connectivity index (χ3n) is 3.88. The molecule has 13 heteroatoms. The van der Waals surface area contributed by atoms with Gasteiger partial charge < -0.3 is 45.1 Å². The fraction of sp³-hybridized carbons (Fsp3) is 0.733. The second-order valence-electron chi connectivity index (χ2n) is 6.10. The van der Waals surface area contributed by atoms with Crippen molar-refractivity contribution in [2.45, 2.75) is 56.5 Å². The van der Waals surface area contributed by atoms with Gasteiger partial charge in [-0.2, -0.15) is 0 Å². The number of amides is 1. The molecule has 0 aromatic heterocycles. The van der Waals surface area contributed by atoms with Crippen LogP contribution in [0.15, 0.2) is 0 Å². The van der Waals surface area contributed by atoms with Crippen LogP contribution in [-0.4, -0.2) is 98.8 Å². The van der Waals surface area contributed by atoms with E-state index in [0.717, 1.165) is 13.8 Å². The molecule has 1 saturated heterocycles. The van der Waals surface area contributed by atoms with Gasteiger partial charge in [0.2, 0.25) is 5.91 Å². The summed E-state index contributed by atoms with van der Waals surface area (Å²) in [4.78, 5) is 45.9. The van der Waals surface area contributed by atoms with Crippen LogP contribution in [0.3, 0.4) is 0 Å². The summed E-state index contributed by atoms with van der Waals surface area (Å²) in [6.07, 6.45) is -7.68. The van der Waals surface area contributed by atoms with Crippen LogP contribution in [0.2, 0.25) is 0 Å². The van der Waals surface area contributed by atoms with Gasteiger partial charge in [-0.05, 0) is 0 Å². The number of aliphatic hydroxyl groups excluding tert-OH is 3. The van der Waals surface area contributed by atoms with Crippen molar-refractivity contribution in [1.29, 1.82) is 0 Å². The SMILES string of the molecule is CC(=O)O[C@@H]([C@@H]1OC(O)(C(=O)O)C[C@H](OC(C)=O)[C@H]1NC(=O)CO)[C@H](O)CO. The third kappa shape index (κ3) is 5.84. The first-order valence-electron chi connectivity index (χ1n) is 8.12. The van der Waals surface area contributed by atoms with Gasteiger partial charge in [-0.25, -0.2) is 4.79 Å². The Bertz CT molecular complexity index is 610. The Balaban J connectivity index is 3.44. The maximum Gasteiger partial charge on any atom is 0.364 e. The molecular weight excluding hydrogens is 386 g/mol. The molecule has 160 valence electrons. The van der Waals surface area contributed by atoms with Crippen molar-refractivity contribution < 1.29 is 58.9 Å². The summed E-state index contributed by atoms with van der Waals surface area (Å²) in [5, 5.41) is 50.0. The van der Waals surface area contributed by atoms with Crippen LogP contribution in [0, 0.1) is 0 Å². The number of carbonyl (C=O) groups excluding carboxylic acids is 3. The standard InChI is InChI=1S/C15H23NO12/c1-6(19)26-9-3-15(25,14(23)24)28-13(11(9)16-10(22)5-18)12(8(21)4-17)27-7(2)20/h8-9,11-13,17-18,21,25H,3-5H2,1-2H3,(H,16,22)(H,23,24)/t8-,9+,11-,12-,13-,15?/m1/s1. The molecule has 0 radical (unpaired) electrons. The van der Waals surface area contributed by atoms with E-state index in [9.17, 15) is 39.6 Å². The average Bonchev–Trinajstić information content (AvgIpc) is 2.60. The zero-order valence-corrected chi connectivity index (χ0v) is 15.1. The van der Waals surface area contributed by atoms with E-state index in [1.807, 2.05) is 0 Å². The Kier molecular flexibility index (Phi) is 8.26. The molecule has 0 aromatic rings. The highest BCUT2D eigenvalue weighted by Crippen LogP contribution is 2.33. The topological polar surface area (TPSA) is 209 Å². The molecule has 1 unspecified atom stereocenters. The zero-order valence-electron chi connectivity index (χ0n) is 15.1. The van der Waals surface area contributed by atoms with E-state index in [-0.39, 0.29) is 0 Å². The maximum absolute atomic E-state index is 11.7. The van der Waals surface area contributed by atoms with Gasteiger partial charge in [-0.15, -0.1) is 0 Å². The van der Waals surface area contributed by atoms with E-state index in [0.29, 0.717) is 0 Å². The first-order valence-corrected chi connectivity index (χ1v) is 8.12. The van der Waals surface area contributed by atoms with Gasteiger partial charge >= 0.3 is 17.9 Å². The molecule has 0 saturated carbocycles. The molecule has 0 spiro atoms. The summed E-state index contributed by atoms with van der Waals surface area (Å²) in [5.74, 6) is -7.65. The molecule has 1 heterocycles. The number of aliphatic hydroxyl groups is 4. The van der Waals surface area contributed by atoms with Gasteiger partial charge in [0.25, 0.3) is 5.79 Å². The second-order valence-corrected chi connectivity index (χ2v) is 6.10.